The summed E-state index contributed by atoms with van der Waals surface area (Å²) in [4.78, 5) is 0. The van der Waals surface area contributed by atoms with Gasteiger partial charge in [0, 0.05) is 18.1 Å². The van der Waals surface area contributed by atoms with Gasteiger partial charge in [-0.2, -0.15) is 5.26 Å². The molecule has 0 aliphatic carbocycles. The number of benzene rings is 2. The van der Waals surface area contributed by atoms with E-state index in [1.165, 1.54) is 0 Å². The summed E-state index contributed by atoms with van der Waals surface area (Å²) in [6, 6.07) is 15.4. The van der Waals surface area contributed by atoms with Crippen LogP contribution in [0.4, 0.5) is 5.69 Å². The minimum atomic E-state index is 0.542. The molecule has 0 spiro atoms. The smallest absolute Gasteiger partial charge is 0.101 e. The van der Waals surface area contributed by atoms with Crippen molar-refractivity contribution in [2.45, 2.75) is 13.1 Å². The van der Waals surface area contributed by atoms with Gasteiger partial charge in [-0.25, -0.2) is 0 Å². The molecule has 0 saturated carbocycles. The standard InChI is InChI=1S/C15H14ClN3/c16-14-6-5-13(9-18)15(7-14)19-10-12-3-1-11(8-17)2-4-12/h1-7,19H,8,10,17H2. The number of nitrogens with two attached hydrogens (primary N) is 1. The van der Waals surface area contributed by atoms with Crippen molar-refractivity contribution in [3.05, 3.63) is 64.2 Å². The highest BCUT2D eigenvalue weighted by atomic mass is 35.5. The molecule has 3 nitrogen and oxygen atoms in total. The van der Waals surface area contributed by atoms with Gasteiger partial charge in [0.15, 0.2) is 0 Å². The summed E-state index contributed by atoms with van der Waals surface area (Å²) in [5.41, 5.74) is 9.11. The summed E-state index contributed by atoms with van der Waals surface area (Å²) >= 11 is 5.93. The maximum atomic E-state index is 9.03. The molecular formula is C15H14ClN3. The van der Waals surface area contributed by atoms with Crippen LogP contribution in [0.3, 0.4) is 0 Å². The molecule has 0 aliphatic rings. The summed E-state index contributed by atoms with van der Waals surface area (Å²) in [7, 11) is 0. The maximum absolute atomic E-state index is 9.03. The number of halogens is 1. The molecule has 0 bridgehead atoms. The highest BCUT2D eigenvalue weighted by Crippen LogP contribution is 2.21. The van der Waals surface area contributed by atoms with Crippen LogP contribution in [0.1, 0.15) is 16.7 Å². The first-order chi connectivity index (χ1) is 9.22. The molecular weight excluding hydrogens is 258 g/mol. The van der Waals surface area contributed by atoms with E-state index in [9.17, 15) is 0 Å². The molecule has 4 heteroatoms. The topological polar surface area (TPSA) is 61.8 Å². The molecule has 0 fully saturated rings. The van der Waals surface area contributed by atoms with Crippen molar-refractivity contribution in [1.29, 1.82) is 5.26 Å². The van der Waals surface area contributed by atoms with E-state index < -0.39 is 0 Å². The first kappa shape index (κ1) is 13.4. The quantitative estimate of drug-likeness (QED) is 0.897. The number of hydrogen-bond donors (Lipinski definition) is 2. The lowest BCUT2D eigenvalue weighted by Crippen LogP contribution is -2.02. The van der Waals surface area contributed by atoms with Gasteiger partial charge in [0.05, 0.1) is 11.3 Å². The van der Waals surface area contributed by atoms with E-state index in [-0.39, 0.29) is 0 Å². The normalized spacial score (nSPS) is 9.95. The molecule has 0 heterocycles. The largest absolute Gasteiger partial charge is 0.380 e. The third kappa shape index (κ3) is 3.47. The predicted octanol–water partition coefficient (Wildman–Crippen LogP) is 3.28. The maximum Gasteiger partial charge on any atom is 0.101 e. The molecule has 0 amide bonds. The molecule has 19 heavy (non-hydrogen) atoms. The SMILES string of the molecule is N#Cc1ccc(Cl)cc1NCc1ccc(CN)cc1. The Morgan fingerprint density at radius 2 is 1.79 bits per heavy atom. The van der Waals surface area contributed by atoms with Crippen LogP contribution >= 0.6 is 11.6 Å². The molecule has 0 aromatic heterocycles. The van der Waals surface area contributed by atoms with Gasteiger partial charge < -0.3 is 11.1 Å². The van der Waals surface area contributed by atoms with E-state index in [2.05, 4.69) is 11.4 Å². The van der Waals surface area contributed by atoms with E-state index in [4.69, 9.17) is 22.6 Å². The average Bonchev–Trinajstić information content (AvgIpc) is 2.46. The minimum absolute atomic E-state index is 0.542. The Kier molecular flexibility index (Phi) is 4.40. The molecule has 3 N–H and O–H groups in total. The Labute approximate surface area is 117 Å². The number of nitriles is 1. The number of anilines is 1. The van der Waals surface area contributed by atoms with Crippen LogP contribution < -0.4 is 11.1 Å². The molecule has 0 aliphatic heterocycles. The molecule has 2 aromatic carbocycles. The lowest BCUT2D eigenvalue weighted by Gasteiger charge is -2.09. The van der Waals surface area contributed by atoms with Crippen molar-refractivity contribution in [3.63, 3.8) is 0 Å². The third-order valence-electron chi connectivity index (χ3n) is 2.84. The molecule has 2 aromatic rings. The Hall–Kier alpha value is -2.02. The fourth-order valence-corrected chi connectivity index (χ4v) is 1.92. The molecule has 0 unspecified atom stereocenters. The van der Waals surface area contributed by atoms with Gasteiger partial charge in [0.25, 0.3) is 0 Å². The molecule has 0 saturated heterocycles. The second-order valence-electron chi connectivity index (χ2n) is 4.18. The summed E-state index contributed by atoms with van der Waals surface area (Å²) in [6.07, 6.45) is 0. The highest BCUT2D eigenvalue weighted by Gasteiger charge is 2.02. The zero-order valence-corrected chi connectivity index (χ0v) is 11.1. The van der Waals surface area contributed by atoms with Gasteiger partial charge in [-0.1, -0.05) is 35.9 Å². The number of nitrogens with one attached hydrogen (secondary N) is 1. The Bertz CT molecular complexity index is 600. The first-order valence-electron chi connectivity index (χ1n) is 5.94. The minimum Gasteiger partial charge on any atom is -0.380 e. The zero-order chi connectivity index (χ0) is 13.7. The van der Waals surface area contributed by atoms with Gasteiger partial charge >= 0.3 is 0 Å². The molecule has 96 valence electrons. The van der Waals surface area contributed by atoms with E-state index in [0.29, 0.717) is 23.7 Å². The predicted molar refractivity (Wildman–Crippen MR) is 77.8 cm³/mol. The van der Waals surface area contributed by atoms with Crippen molar-refractivity contribution in [2.24, 2.45) is 5.73 Å². The monoisotopic (exact) mass is 271 g/mol. The summed E-state index contributed by atoms with van der Waals surface area (Å²) in [5, 5.41) is 12.9. The number of hydrogen-bond acceptors (Lipinski definition) is 3. The van der Waals surface area contributed by atoms with Crippen LogP contribution in [0.15, 0.2) is 42.5 Å². The van der Waals surface area contributed by atoms with Gasteiger partial charge in [-0.05, 0) is 29.3 Å². The van der Waals surface area contributed by atoms with Crippen LogP contribution in [0.25, 0.3) is 0 Å². The van der Waals surface area contributed by atoms with E-state index in [1.807, 2.05) is 24.3 Å². The fraction of sp³-hybridized carbons (Fsp3) is 0.133. The van der Waals surface area contributed by atoms with Crippen LogP contribution in [0.2, 0.25) is 5.02 Å². The van der Waals surface area contributed by atoms with E-state index >= 15 is 0 Å². The lowest BCUT2D eigenvalue weighted by atomic mass is 10.1. The third-order valence-corrected chi connectivity index (χ3v) is 3.08. The molecule has 2 rings (SSSR count). The number of nitrogens with zero attached hydrogens (tertiary/aromatic N) is 1. The van der Waals surface area contributed by atoms with Crippen LogP contribution in [0.5, 0.6) is 0 Å². The molecule has 0 atom stereocenters. The summed E-state index contributed by atoms with van der Waals surface area (Å²) in [6.45, 7) is 1.18. The lowest BCUT2D eigenvalue weighted by molar-refractivity contribution is 1.06. The second kappa shape index (κ2) is 6.24. The fourth-order valence-electron chi connectivity index (χ4n) is 1.75. The second-order valence-corrected chi connectivity index (χ2v) is 4.61. The Balaban J connectivity index is 2.09. The van der Waals surface area contributed by atoms with Crippen LogP contribution in [0, 0.1) is 11.3 Å². The first-order valence-corrected chi connectivity index (χ1v) is 6.32. The summed E-state index contributed by atoms with van der Waals surface area (Å²) in [5.74, 6) is 0. The van der Waals surface area contributed by atoms with Crippen molar-refractivity contribution >= 4 is 17.3 Å². The molecule has 0 radical (unpaired) electrons. The van der Waals surface area contributed by atoms with Crippen molar-refractivity contribution in [2.75, 3.05) is 5.32 Å². The van der Waals surface area contributed by atoms with Crippen molar-refractivity contribution < 1.29 is 0 Å². The van der Waals surface area contributed by atoms with Crippen molar-refractivity contribution in [3.8, 4) is 6.07 Å². The Morgan fingerprint density at radius 3 is 2.42 bits per heavy atom. The highest BCUT2D eigenvalue weighted by molar-refractivity contribution is 6.30. The van der Waals surface area contributed by atoms with Gasteiger partial charge in [0.2, 0.25) is 0 Å². The van der Waals surface area contributed by atoms with E-state index in [0.717, 1.165) is 16.8 Å². The van der Waals surface area contributed by atoms with Crippen molar-refractivity contribution in [1.82, 2.24) is 0 Å². The van der Waals surface area contributed by atoms with Crippen LogP contribution in [-0.4, -0.2) is 0 Å². The van der Waals surface area contributed by atoms with E-state index in [1.54, 1.807) is 18.2 Å². The average molecular weight is 272 g/mol. The van der Waals surface area contributed by atoms with Gasteiger partial charge in [0.1, 0.15) is 6.07 Å². The van der Waals surface area contributed by atoms with Crippen LogP contribution in [-0.2, 0) is 13.1 Å². The zero-order valence-electron chi connectivity index (χ0n) is 10.4. The summed E-state index contributed by atoms with van der Waals surface area (Å²) < 4.78 is 0. The van der Waals surface area contributed by atoms with Gasteiger partial charge in [-0.15, -0.1) is 0 Å². The number of rotatable bonds is 4. The Morgan fingerprint density at radius 1 is 1.11 bits per heavy atom. The van der Waals surface area contributed by atoms with Gasteiger partial charge in [-0.3, -0.25) is 0 Å².